The molecule has 1 aromatic carbocycles. The molecule has 1 aromatic heterocycles. The molecule has 0 bridgehead atoms. The van der Waals surface area contributed by atoms with Crippen molar-refractivity contribution >= 4 is 21.9 Å². The fourth-order valence-corrected chi connectivity index (χ4v) is 3.08. The van der Waals surface area contributed by atoms with E-state index in [1.165, 1.54) is 5.56 Å². The van der Waals surface area contributed by atoms with Crippen LogP contribution in [-0.2, 0) is 17.6 Å². The van der Waals surface area contributed by atoms with Crippen molar-refractivity contribution in [1.82, 2.24) is 10.2 Å². The van der Waals surface area contributed by atoms with E-state index in [4.69, 9.17) is 4.74 Å². The summed E-state index contributed by atoms with van der Waals surface area (Å²) in [6.07, 6.45) is 4.43. The highest BCUT2D eigenvalue weighted by atomic mass is 79.9. The van der Waals surface area contributed by atoms with Gasteiger partial charge >= 0.3 is 5.97 Å². The first-order valence-electron chi connectivity index (χ1n) is 8.45. The second-order valence-corrected chi connectivity index (χ2v) is 7.26. The molecule has 5 heteroatoms. The Kier molecular flexibility index (Phi) is 7.03. The molecule has 2 aromatic rings. The highest BCUT2D eigenvalue weighted by Gasteiger charge is 2.19. The summed E-state index contributed by atoms with van der Waals surface area (Å²) in [4.78, 5) is 11.9. The van der Waals surface area contributed by atoms with Gasteiger partial charge in [0.2, 0.25) is 0 Å². The molecule has 0 aliphatic rings. The summed E-state index contributed by atoms with van der Waals surface area (Å²) in [6, 6.07) is 8.49. The first-order chi connectivity index (χ1) is 11.5. The van der Waals surface area contributed by atoms with Gasteiger partial charge in [-0.25, -0.2) is 4.79 Å². The van der Waals surface area contributed by atoms with E-state index in [9.17, 15) is 4.79 Å². The predicted molar refractivity (Wildman–Crippen MR) is 99.0 cm³/mol. The molecule has 1 heterocycles. The molecule has 0 spiro atoms. The Morgan fingerprint density at radius 2 is 2.00 bits per heavy atom. The third-order valence-electron chi connectivity index (χ3n) is 4.32. The number of aromatic nitrogens is 2. The van der Waals surface area contributed by atoms with Crippen molar-refractivity contribution in [3.63, 3.8) is 0 Å². The van der Waals surface area contributed by atoms with Crippen LogP contribution >= 0.6 is 15.9 Å². The van der Waals surface area contributed by atoms with Gasteiger partial charge in [0.1, 0.15) is 5.56 Å². The van der Waals surface area contributed by atoms with Crippen LogP contribution in [0, 0.1) is 11.8 Å². The van der Waals surface area contributed by atoms with Gasteiger partial charge in [-0.3, -0.25) is 5.10 Å². The number of esters is 1. The number of H-pyrrole nitrogens is 1. The Morgan fingerprint density at radius 3 is 2.62 bits per heavy atom. The molecule has 0 fully saturated rings. The fourth-order valence-electron chi connectivity index (χ4n) is 2.81. The Labute approximate surface area is 152 Å². The van der Waals surface area contributed by atoms with Crippen LogP contribution in [0.2, 0.25) is 0 Å². The van der Waals surface area contributed by atoms with Crippen LogP contribution in [0.4, 0.5) is 0 Å². The summed E-state index contributed by atoms with van der Waals surface area (Å²) in [5.74, 6) is 0.812. The normalized spacial score (nSPS) is 12.4. The standard InChI is InChI=1S/C19H25BrN2O2/c1-4-24-19(23)17-12-21-22-18(17)10-7-15(13(2)3)11-14-5-8-16(20)9-6-14/h5-6,8-9,12-13,15H,4,7,10-11H2,1-3H3,(H,21,22). The molecule has 24 heavy (non-hydrogen) atoms. The van der Waals surface area contributed by atoms with Crippen LogP contribution in [0.1, 0.15) is 48.8 Å². The Balaban J connectivity index is 2.00. The molecular weight excluding hydrogens is 368 g/mol. The SMILES string of the molecule is CCOC(=O)c1c[nH]nc1CCC(Cc1ccc(Br)cc1)C(C)C. The van der Waals surface area contributed by atoms with Crippen LogP contribution in [0.3, 0.4) is 0 Å². The van der Waals surface area contributed by atoms with E-state index < -0.39 is 0 Å². The van der Waals surface area contributed by atoms with Gasteiger partial charge in [0.25, 0.3) is 0 Å². The molecule has 0 amide bonds. The summed E-state index contributed by atoms with van der Waals surface area (Å²) in [5.41, 5.74) is 2.70. The maximum absolute atomic E-state index is 11.9. The Morgan fingerprint density at radius 1 is 1.29 bits per heavy atom. The Hall–Kier alpha value is -1.62. The molecule has 1 unspecified atom stereocenters. The van der Waals surface area contributed by atoms with Crippen molar-refractivity contribution in [3.05, 3.63) is 51.8 Å². The van der Waals surface area contributed by atoms with Crippen LogP contribution in [0.25, 0.3) is 0 Å². The van der Waals surface area contributed by atoms with E-state index in [1.807, 2.05) is 6.92 Å². The average molecular weight is 393 g/mol. The molecule has 1 N–H and O–H groups in total. The van der Waals surface area contributed by atoms with E-state index in [-0.39, 0.29) is 5.97 Å². The highest BCUT2D eigenvalue weighted by molar-refractivity contribution is 9.10. The zero-order valence-corrected chi connectivity index (χ0v) is 16.1. The van der Waals surface area contributed by atoms with Crippen molar-refractivity contribution in [3.8, 4) is 0 Å². The fraction of sp³-hybridized carbons (Fsp3) is 0.474. The Bertz CT molecular complexity index is 650. The maximum Gasteiger partial charge on any atom is 0.341 e. The first-order valence-corrected chi connectivity index (χ1v) is 9.24. The summed E-state index contributed by atoms with van der Waals surface area (Å²) >= 11 is 3.48. The number of hydrogen-bond donors (Lipinski definition) is 1. The number of nitrogens with one attached hydrogen (secondary N) is 1. The van der Waals surface area contributed by atoms with E-state index in [2.05, 4.69) is 64.2 Å². The highest BCUT2D eigenvalue weighted by Crippen LogP contribution is 2.24. The number of benzene rings is 1. The second kappa shape index (κ2) is 9.02. The zero-order valence-electron chi connectivity index (χ0n) is 14.5. The quantitative estimate of drug-likeness (QED) is 0.656. The molecule has 4 nitrogen and oxygen atoms in total. The topological polar surface area (TPSA) is 55.0 Å². The van der Waals surface area contributed by atoms with E-state index in [0.717, 1.165) is 29.4 Å². The molecule has 0 aliphatic carbocycles. The van der Waals surface area contributed by atoms with Crippen molar-refractivity contribution in [1.29, 1.82) is 0 Å². The number of carbonyl (C=O) groups excluding carboxylic acids is 1. The molecule has 0 radical (unpaired) electrons. The molecule has 0 saturated carbocycles. The van der Waals surface area contributed by atoms with E-state index >= 15 is 0 Å². The number of carbonyl (C=O) groups is 1. The van der Waals surface area contributed by atoms with Crippen LogP contribution < -0.4 is 0 Å². The molecular formula is C19H25BrN2O2. The lowest BCUT2D eigenvalue weighted by atomic mass is 9.85. The third kappa shape index (κ3) is 5.20. The number of aryl methyl sites for hydroxylation is 1. The van der Waals surface area contributed by atoms with Gasteiger partial charge in [0, 0.05) is 10.7 Å². The van der Waals surface area contributed by atoms with Gasteiger partial charge in [0.15, 0.2) is 0 Å². The number of aromatic amines is 1. The summed E-state index contributed by atoms with van der Waals surface area (Å²) in [6.45, 7) is 6.69. The minimum Gasteiger partial charge on any atom is -0.462 e. The number of halogens is 1. The molecule has 1 atom stereocenters. The first kappa shape index (κ1) is 18.7. The largest absolute Gasteiger partial charge is 0.462 e. The third-order valence-corrected chi connectivity index (χ3v) is 4.85. The molecule has 0 aliphatic heterocycles. The van der Waals surface area contributed by atoms with E-state index in [1.54, 1.807) is 6.20 Å². The van der Waals surface area contributed by atoms with Crippen molar-refractivity contribution < 1.29 is 9.53 Å². The number of nitrogens with zero attached hydrogens (tertiary/aromatic N) is 1. The monoisotopic (exact) mass is 392 g/mol. The van der Waals surface area contributed by atoms with Crippen LogP contribution in [0.15, 0.2) is 34.9 Å². The minimum atomic E-state index is -0.296. The minimum absolute atomic E-state index is 0.296. The van der Waals surface area contributed by atoms with Gasteiger partial charge in [-0.1, -0.05) is 41.9 Å². The summed E-state index contributed by atoms with van der Waals surface area (Å²) in [7, 11) is 0. The number of ether oxygens (including phenoxy) is 1. The lowest BCUT2D eigenvalue weighted by molar-refractivity contribution is 0.0525. The summed E-state index contributed by atoms with van der Waals surface area (Å²) in [5, 5.41) is 7.03. The van der Waals surface area contributed by atoms with Crippen LogP contribution in [-0.4, -0.2) is 22.8 Å². The lowest BCUT2D eigenvalue weighted by Gasteiger charge is -2.21. The molecule has 0 saturated heterocycles. The number of hydrogen-bond acceptors (Lipinski definition) is 3. The summed E-state index contributed by atoms with van der Waals surface area (Å²) < 4.78 is 6.18. The average Bonchev–Trinajstić information content (AvgIpc) is 3.01. The van der Waals surface area contributed by atoms with Gasteiger partial charge in [0.05, 0.1) is 12.3 Å². The van der Waals surface area contributed by atoms with Crippen molar-refractivity contribution in [2.45, 2.75) is 40.0 Å². The van der Waals surface area contributed by atoms with Crippen LogP contribution in [0.5, 0.6) is 0 Å². The molecule has 130 valence electrons. The predicted octanol–water partition coefficient (Wildman–Crippen LogP) is 4.80. The number of rotatable bonds is 8. The maximum atomic E-state index is 11.9. The zero-order chi connectivity index (χ0) is 17.5. The van der Waals surface area contributed by atoms with Gasteiger partial charge in [-0.2, -0.15) is 5.10 Å². The smallest absolute Gasteiger partial charge is 0.341 e. The molecule has 2 rings (SSSR count). The van der Waals surface area contributed by atoms with Crippen molar-refractivity contribution in [2.24, 2.45) is 11.8 Å². The second-order valence-electron chi connectivity index (χ2n) is 6.34. The van der Waals surface area contributed by atoms with Gasteiger partial charge < -0.3 is 4.74 Å². The lowest BCUT2D eigenvalue weighted by Crippen LogP contribution is -2.14. The van der Waals surface area contributed by atoms with Gasteiger partial charge in [-0.15, -0.1) is 0 Å². The van der Waals surface area contributed by atoms with Crippen molar-refractivity contribution in [2.75, 3.05) is 6.61 Å². The van der Waals surface area contributed by atoms with E-state index in [0.29, 0.717) is 24.0 Å². The van der Waals surface area contributed by atoms with Gasteiger partial charge in [-0.05, 0) is 55.7 Å².